The lowest BCUT2D eigenvalue weighted by atomic mass is 10.2. The lowest BCUT2D eigenvalue weighted by molar-refractivity contribution is 0.0487. The highest BCUT2D eigenvalue weighted by atomic mass is 127. The fraction of sp³-hybridized carbons (Fsp3) is 0.600. The van der Waals surface area contributed by atoms with E-state index < -0.39 is 0 Å². The van der Waals surface area contributed by atoms with E-state index in [0.29, 0.717) is 12.4 Å². The Bertz CT molecular complexity index is 400. The molecule has 1 rings (SSSR count). The van der Waals surface area contributed by atoms with Crippen LogP contribution in [0.3, 0.4) is 0 Å². The highest BCUT2D eigenvalue weighted by Crippen LogP contribution is 2.21. The Hall–Kier alpha value is -0.630. The minimum absolute atomic E-state index is 0.202. The number of aromatic amines is 1. The molecule has 0 aliphatic carbocycles. The van der Waals surface area contributed by atoms with Gasteiger partial charge < -0.3 is 14.8 Å². The normalized spacial score (nSPS) is 12.7. The van der Waals surface area contributed by atoms with Crippen molar-refractivity contribution in [2.45, 2.75) is 32.8 Å². The zero-order valence-corrected chi connectivity index (χ0v) is 11.4. The van der Waals surface area contributed by atoms with Crippen molar-refractivity contribution in [1.29, 1.82) is 0 Å². The molecule has 90 valence electrons. The van der Waals surface area contributed by atoms with E-state index in [1.807, 2.05) is 13.8 Å². The van der Waals surface area contributed by atoms with Crippen molar-refractivity contribution >= 4 is 22.6 Å². The first-order valence-electron chi connectivity index (χ1n) is 5.20. The van der Waals surface area contributed by atoms with Gasteiger partial charge in [0.1, 0.15) is 15.5 Å². The summed E-state index contributed by atoms with van der Waals surface area (Å²) in [4.78, 5) is 18.0. The molecule has 0 saturated heterocycles. The van der Waals surface area contributed by atoms with E-state index in [1.165, 1.54) is 0 Å². The third-order valence-electron chi connectivity index (χ3n) is 2.09. The van der Waals surface area contributed by atoms with Crippen molar-refractivity contribution in [2.24, 2.45) is 0 Å². The number of nitrogens with zero attached hydrogens (tertiary/aromatic N) is 1. The molecule has 0 aliphatic heterocycles. The number of ether oxygens (including phenoxy) is 1. The summed E-state index contributed by atoms with van der Waals surface area (Å²) in [5.41, 5.74) is -0.330. The second-order valence-corrected chi connectivity index (χ2v) is 4.40. The average molecular weight is 338 g/mol. The van der Waals surface area contributed by atoms with Crippen LogP contribution in [0.15, 0.2) is 4.79 Å². The molecule has 0 radical (unpaired) electrons. The number of hydrogen-bond acceptors (Lipinski definition) is 4. The van der Waals surface area contributed by atoms with E-state index >= 15 is 0 Å². The van der Waals surface area contributed by atoms with Crippen molar-refractivity contribution in [3.63, 3.8) is 0 Å². The number of aromatic hydroxyl groups is 1. The number of hydrogen-bond donors (Lipinski definition) is 2. The predicted octanol–water partition coefficient (Wildman–Crippen LogP) is 1.96. The molecule has 1 aromatic heterocycles. The summed E-state index contributed by atoms with van der Waals surface area (Å²) in [6.45, 7) is 4.45. The monoisotopic (exact) mass is 338 g/mol. The number of H-pyrrole nitrogens is 1. The Labute approximate surface area is 107 Å². The van der Waals surface area contributed by atoms with Crippen molar-refractivity contribution in [3.8, 4) is 5.88 Å². The van der Waals surface area contributed by atoms with Gasteiger partial charge in [-0.3, -0.25) is 4.79 Å². The average Bonchev–Trinajstić information content (AvgIpc) is 2.25. The van der Waals surface area contributed by atoms with E-state index in [4.69, 9.17) is 4.74 Å². The summed E-state index contributed by atoms with van der Waals surface area (Å²) < 4.78 is 5.67. The van der Waals surface area contributed by atoms with E-state index in [1.54, 1.807) is 22.6 Å². The zero-order chi connectivity index (χ0) is 12.1. The van der Waals surface area contributed by atoms with Crippen molar-refractivity contribution in [3.05, 3.63) is 19.7 Å². The summed E-state index contributed by atoms with van der Waals surface area (Å²) in [5, 5.41) is 9.47. The van der Waals surface area contributed by atoms with Crippen LogP contribution in [0.2, 0.25) is 0 Å². The molecule has 1 aromatic rings. The number of nitrogens with one attached hydrogen (secondary N) is 1. The largest absolute Gasteiger partial charge is 0.492 e. The summed E-state index contributed by atoms with van der Waals surface area (Å²) in [7, 11) is 0. The molecule has 0 spiro atoms. The Morgan fingerprint density at radius 1 is 1.56 bits per heavy atom. The molecule has 0 bridgehead atoms. The van der Waals surface area contributed by atoms with Gasteiger partial charge in [0.25, 0.3) is 5.56 Å². The van der Waals surface area contributed by atoms with E-state index in [0.717, 1.165) is 12.8 Å². The van der Waals surface area contributed by atoms with Crippen LogP contribution in [0.1, 0.15) is 38.6 Å². The van der Waals surface area contributed by atoms with Crippen LogP contribution in [-0.4, -0.2) is 21.7 Å². The first kappa shape index (κ1) is 13.4. The zero-order valence-electron chi connectivity index (χ0n) is 9.29. The van der Waals surface area contributed by atoms with Gasteiger partial charge >= 0.3 is 0 Å². The maximum atomic E-state index is 11.5. The lowest BCUT2D eigenvalue weighted by Crippen LogP contribution is -2.18. The Balaban J connectivity index is 3.05. The summed E-state index contributed by atoms with van der Waals surface area (Å²) in [6, 6.07) is 0. The molecule has 5 nitrogen and oxygen atoms in total. The molecule has 0 aliphatic rings. The second kappa shape index (κ2) is 6.19. The maximum Gasteiger partial charge on any atom is 0.268 e. The summed E-state index contributed by atoms with van der Waals surface area (Å²) >= 11 is 1.75. The molecule has 0 aromatic carbocycles. The van der Waals surface area contributed by atoms with Crippen molar-refractivity contribution in [1.82, 2.24) is 9.97 Å². The predicted molar refractivity (Wildman–Crippen MR) is 68.5 cm³/mol. The number of halogens is 1. The third kappa shape index (κ3) is 3.18. The third-order valence-corrected chi connectivity index (χ3v) is 3.06. The van der Waals surface area contributed by atoms with Gasteiger partial charge in [-0.25, -0.2) is 0 Å². The minimum Gasteiger partial charge on any atom is -0.492 e. The fourth-order valence-electron chi connectivity index (χ4n) is 1.38. The van der Waals surface area contributed by atoms with Gasteiger partial charge in [0, 0.05) is 6.61 Å². The van der Waals surface area contributed by atoms with Crippen LogP contribution in [0.25, 0.3) is 0 Å². The first-order chi connectivity index (χ1) is 7.60. The Morgan fingerprint density at radius 3 is 2.75 bits per heavy atom. The van der Waals surface area contributed by atoms with E-state index in [9.17, 15) is 9.90 Å². The maximum absolute atomic E-state index is 11.5. The minimum atomic E-state index is -0.330. The fourth-order valence-corrected chi connectivity index (χ4v) is 1.63. The lowest BCUT2D eigenvalue weighted by Gasteiger charge is -2.15. The first-order valence-corrected chi connectivity index (χ1v) is 6.28. The van der Waals surface area contributed by atoms with E-state index in [-0.39, 0.29) is 21.1 Å². The topological polar surface area (TPSA) is 75.2 Å². The van der Waals surface area contributed by atoms with Gasteiger partial charge in [-0.1, -0.05) is 13.3 Å². The number of rotatable bonds is 5. The smallest absolute Gasteiger partial charge is 0.268 e. The molecule has 1 unspecified atom stereocenters. The molecule has 0 saturated carbocycles. The molecule has 2 N–H and O–H groups in total. The molecule has 16 heavy (non-hydrogen) atoms. The van der Waals surface area contributed by atoms with Gasteiger partial charge in [0.2, 0.25) is 5.88 Å². The number of aromatic nitrogens is 2. The standard InChI is InChI=1S/C10H15IN2O3/c1-3-5-6(16-4-2)8-12-9(14)7(11)10(15)13-8/h6H,3-5H2,1-2H3,(H2,12,13,14,15). The SMILES string of the molecule is CCCC(OCC)c1nc(O)c(I)c(=O)[nH]1. The van der Waals surface area contributed by atoms with Gasteiger partial charge in [0.15, 0.2) is 0 Å². The van der Waals surface area contributed by atoms with Crippen LogP contribution in [0.4, 0.5) is 0 Å². The van der Waals surface area contributed by atoms with Crippen LogP contribution in [-0.2, 0) is 4.74 Å². The van der Waals surface area contributed by atoms with Gasteiger partial charge in [-0.2, -0.15) is 4.98 Å². The Morgan fingerprint density at radius 2 is 2.25 bits per heavy atom. The van der Waals surface area contributed by atoms with Crippen LogP contribution in [0.5, 0.6) is 5.88 Å². The van der Waals surface area contributed by atoms with Crippen LogP contribution >= 0.6 is 22.6 Å². The van der Waals surface area contributed by atoms with Gasteiger partial charge in [0.05, 0.1) is 0 Å². The molecule has 0 amide bonds. The van der Waals surface area contributed by atoms with Gasteiger partial charge in [-0.15, -0.1) is 0 Å². The molecule has 6 heteroatoms. The quantitative estimate of drug-likeness (QED) is 0.805. The van der Waals surface area contributed by atoms with Gasteiger partial charge in [-0.05, 0) is 35.9 Å². The molecular weight excluding hydrogens is 323 g/mol. The van der Waals surface area contributed by atoms with Crippen molar-refractivity contribution < 1.29 is 9.84 Å². The highest BCUT2D eigenvalue weighted by Gasteiger charge is 2.16. The van der Waals surface area contributed by atoms with Crippen LogP contribution in [0, 0.1) is 3.57 Å². The molecule has 1 heterocycles. The Kier molecular flexibility index (Phi) is 5.20. The van der Waals surface area contributed by atoms with Crippen LogP contribution < -0.4 is 5.56 Å². The summed E-state index contributed by atoms with van der Waals surface area (Å²) in [6.07, 6.45) is 1.42. The highest BCUT2D eigenvalue weighted by molar-refractivity contribution is 14.1. The van der Waals surface area contributed by atoms with E-state index in [2.05, 4.69) is 9.97 Å². The summed E-state index contributed by atoms with van der Waals surface area (Å²) in [5.74, 6) is 0.159. The second-order valence-electron chi connectivity index (χ2n) is 3.32. The molecular formula is C10H15IN2O3. The molecule has 0 fully saturated rings. The van der Waals surface area contributed by atoms with Crippen molar-refractivity contribution in [2.75, 3.05) is 6.61 Å². The molecule has 1 atom stereocenters.